The van der Waals surface area contributed by atoms with Gasteiger partial charge in [-0.2, -0.15) is 0 Å². The van der Waals surface area contributed by atoms with Gasteiger partial charge in [0.25, 0.3) is 0 Å². The molecule has 1 heterocycles. The third kappa shape index (κ3) is 2.66. The van der Waals surface area contributed by atoms with Crippen molar-refractivity contribution in [1.82, 2.24) is 10.2 Å². The van der Waals surface area contributed by atoms with Crippen LogP contribution in [-0.2, 0) is 6.42 Å². The summed E-state index contributed by atoms with van der Waals surface area (Å²) in [6.45, 7) is 1.66. The van der Waals surface area contributed by atoms with Crippen molar-refractivity contribution in [2.75, 3.05) is 19.7 Å². The molecule has 0 bridgehead atoms. The van der Waals surface area contributed by atoms with E-state index in [4.69, 9.17) is 0 Å². The molecule has 4 nitrogen and oxygen atoms in total. The van der Waals surface area contributed by atoms with Gasteiger partial charge in [0.15, 0.2) is 0 Å². The van der Waals surface area contributed by atoms with E-state index in [0.29, 0.717) is 6.54 Å². The van der Waals surface area contributed by atoms with Crippen LogP contribution in [0.1, 0.15) is 36.4 Å². The van der Waals surface area contributed by atoms with E-state index < -0.39 is 0 Å². The highest BCUT2D eigenvalue weighted by Crippen LogP contribution is 2.31. The van der Waals surface area contributed by atoms with Crippen LogP contribution in [-0.4, -0.2) is 35.7 Å². The van der Waals surface area contributed by atoms with E-state index in [0.717, 1.165) is 32.2 Å². The van der Waals surface area contributed by atoms with Crippen LogP contribution in [0.5, 0.6) is 0 Å². The predicted octanol–water partition coefficient (Wildman–Crippen LogP) is 2.09. The highest BCUT2D eigenvalue weighted by atomic mass is 16.3. The number of aliphatic hydroxyl groups is 1. The quantitative estimate of drug-likeness (QED) is 0.867. The molecule has 1 saturated heterocycles. The molecule has 0 radical (unpaired) electrons. The van der Waals surface area contributed by atoms with Crippen molar-refractivity contribution in [3.05, 3.63) is 35.4 Å². The number of rotatable bonds is 2. The van der Waals surface area contributed by atoms with Gasteiger partial charge in [-0.3, -0.25) is 0 Å². The van der Waals surface area contributed by atoms with Crippen molar-refractivity contribution in [2.45, 2.75) is 31.7 Å². The minimum Gasteiger partial charge on any atom is -0.396 e. The summed E-state index contributed by atoms with van der Waals surface area (Å²) in [5, 5.41) is 12.4. The van der Waals surface area contributed by atoms with Crippen LogP contribution in [0.2, 0.25) is 0 Å². The van der Waals surface area contributed by atoms with Crippen molar-refractivity contribution < 1.29 is 9.90 Å². The minimum atomic E-state index is 0.0184. The van der Waals surface area contributed by atoms with Gasteiger partial charge >= 0.3 is 6.03 Å². The Hall–Kier alpha value is -1.55. The number of nitrogens with zero attached hydrogens (tertiary/aromatic N) is 1. The van der Waals surface area contributed by atoms with E-state index in [-0.39, 0.29) is 24.6 Å². The molecule has 2 aliphatic rings. The van der Waals surface area contributed by atoms with Crippen LogP contribution in [0.25, 0.3) is 0 Å². The van der Waals surface area contributed by atoms with Gasteiger partial charge in [-0.05, 0) is 42.7 Å². The molecule has 2 amide bonds. The molecule has 3 rings (SSSR count). The highest BCUT2D eigenvalue weighted by Gasteiger charge is 2.28. The average Bonchev–Trinajstić information content (AvgIpc) is 2.90. The fourth-order valence-corrected chi connectivity index (χ4v) is 3.35. The number of benzene rings is 1. The average molecular weight is 274 g/mol. The van der Waals surface area contributed by atoms with E-state index in [2.05, 4.69) is 23.5 Å². The Morgan fingerprint density at radius 1 is 1.35 bits per heavy atom. The van der Waals surface area contributed by atoms with Crippen molar-refractivity contribution in [3.63, 3.8) is 0 Å². The molecule has 2 N–H and O–H groups in total. The summed E-state index contributed by atoms with van der Waals surface area (Å²) in [6.07, 6.45) is 4.04. The first-order valence-corrected chi connectivity index (χ1v) is 7.52. The summed E-state index contributed by atoms with van der Waals surface area (Å²) in [5.74, 6) is 0.241. The first-order valence-electron chi connectivity index (χ1n) is 7.52. The molecule has 2 unspecified atom stereocenters. The third-order valence-corrected chi connectivity index (χ3v) is 4.49. The number of aryl methyl sites for hydroxylation is 1. The number of amides is 2. The van der Waals surface area contributed by atoms with Gasteiger partial charge in [-0.25, -0.2) is 4.79 Å². The lowest BCUT2D eigenvalue weighted by atomic mass is 9.99. The molecule has 1 aliphatic carbocycles. The predicted molar refractivity (Wildman–Crippen MR) is 77.4 cm³/mol. The maximum absolute atomic E-state index is 12.4. The number of carbonyl (C=O) groups is 1. The second-order valence-electron chi connectivity index (χ2n) is 5.88. The van der Waals surface area contributed by atoms with Gasteiger partial charge in [-0.15, -0.1) is 0 Å². The number of fused-ring (bicyclic) bond motifs is 1. The molecule has 2 atom stereocenters. The lowest BCUT2D eigenvalue weighted by Crippen LogP contribution is -2.46. The monoisotopic (exact) mass is 274 g/mol. The Bertz CT molecular complexity index is 489. The number of hydrogen-bond acceptors (Lipinski definition) is 2. The van der Waals surface area contributed by atoms with Gasteiger partial charge in [0, 0.05) is 19.7 Å². The van der Waals surface area contributed by atoms with E-state index in [1.54, 1.807) is 0 Å². The van der Waals surface area contributed by atoms with E-state index >= 15 is 0 Å². The third-order valence-electron chi connectivity index (χ3n) is 4.49. The van der Waals surface area contributed by atoms with Gasteiger partial charge in [0.2, 0.25) is 0 Å². The van der Waals surface area contributed by atoms with Gasteiger partial charge in [-0.1, -0.05) is 24.3 Å². The lowest BCUT2D eigenvalue weighted by Gasteiger charge is -2.32. The van der Waals surface area contributed by atoms with E-state index in [1.165, 1.54) is 11.1 Å². The molecular formula is C16H22N2O2. The van der Waals surface area contributed by atoms with Crippen LogP contribution in [0, 0.1) is 5.92 Å². The second-order valence-corrected chi connectivity index (χ2v) is 5.88. The molecule has 0 spiro atoms. The summed E-state index contributed by atoms with van der Waals surface area (Å²) in [6, 6.07) is 8.51. The summed E-state index contributed by atoms with van der Waals surface area (Å²) >= 11 is 0. The normalized spacial score (nSPS) is 25.4. The zero-order valence-electron chi connectivity index (χ0n) is 11.7. The molecule has 108 valence electrons. The number of hydrogen-bond donors (Lipinski definition) is 2. The fraction of sp³-hybridized carbons (Fsp3) is 0.562. The first kappa shape index (κ1) is 13.4. The maximum Gasteiger partial charge on any atom is 0.317 e. The van der Waals surface area contributed by atoms with Crippen LogP contribution in [0.4, 0.5) is 4.79 Å². The maximum atomic E-state index is 12.4. The van der Waals surface area contributed by atoms with Crippen LogP contribution >= 0.6 is 0 Å². The van der Waals surface area contributed by atoms with E-state index in [9.17, 15) is 9.90 Å². The summed E-state index contributed by atoms with van der Waals surface area (Å²) in [7, 11) is 0. The number of carbonyl (C=O) groups excluding carboxylic acids is 1. The van der Waals surface area contributed by atoms with Crippen molar-refractivity contribution in [1.29, 1.82) is 0 Å². The van der Waals surface area contributed by atoms with Crippen molar-refractivity contribution in [3.8, 4) is 0 Å². The van der Waals surface area contributed by atoms with Crippen LogP contribution in [0.3, 0.4) is 0 Å². The minimum absolute atomic E-state index is 0.0184. The Morgan fingerprint density at radius 2 is 2.20 bits per heavy atom. The highest BCUT2D eigenvalue weighted by molar-refractivity contribution is 5.75. The largest absolute Gasteiger partial charge is 0.396 e. The summed E-state index contributed by atoms with van der Waals surface area (Å²) in [4.78, 5) is 14.2. The van der Waals surface area contributed by atoms with Crippen LogP contribution in [0.15, 0.2) is 24.3 Å². The molecule has 1 fully saturated rings. The second kappa shape index (κ2) is 5.83. The SMILES string of the molecule is O=C(NC1CCc2ccccc21)N1CCCC(CO)C1. The zero-order chi connectivity index (χ0) is 13.9. The topological polar surface area (TPSA) is 52.6 Å². The number of nitrogens with one attached hydrogen (secondary N) is 1. The zero-order valence-corrected chi connectivity index (χ0v) is 11.7. The molecule has 1 aromatic rings. The Morgan fingerprint density at radius 3 is 3.05 bits per heavy atom. The molecule has 20 heavy (non-hydrogen) atoms. The van der Waals surface area contributed by atoms with Gasteiger partial charge in [0.1, 0.15) is 0 Å². The molecule has 0 aromatic heterocycles. The van der Waals surface area contributed by atoms with Crippen molar-refractivity contribution in [2.24, 2.45) is 5.92 Å². The Balaban J connectivity index is 1.62. The number of piperidine rings is 1. The number of aliphatic hydroxyl groups excluding tert-OH is 1. The molecule has 1 aromatic carbocycles. The van der Waals surface area contributed by atoms with Gasteiger partial charge < -0.3 is 15.3 Å². The Labute approximate surface area is 119 Å². The number of urea groups is 1. The standard InChI is InChI=1S/C16H22N2O2/c19-11-12-4-3-9-18(10-12)16(20)17-15-8-7-13-5-1-2-6-14(13)15/h1-2,5-6,12,15,19H,3-4,7-11H2,(H,17,20). The van der Waals surface area contributed by atoms with E-state index in [1.807, 2.05) is 11.0 Å². The fourth-order valence-electron chi connectivity index (χ4n) is 3.35. The van der Waals surface area contributed by atoms with Gasteiger partial charge in [0.05, 0.1) is 6.04 Å². The summed E-state index contributed by atoms with van der Waals surface area (Å²) < 4.78 is 0. The molecule has 1 aliphatic heterocycles. The summed E-state index contributed by atoms with van der Waals surface area (Å²) in [5.41, 5.74) is 2.61. The molecule has 0 saturated carbocycles. The molecular weight excluding hydrogens is 252 g/mol. The smallest absolute Gasteiger partial charge is 0.317 e. The van der Waals surface area contributed by atoms with Crippen LogP contribution < -0.4 is 5.32 Å². The lowest BCUT2D eigenvalue weighted by molar-refractivity contribution is 0.128. The Kier molecular flexibility index (Phi) is 3.92. The van der Waals surface area contributed by atoms with Crippen molar-refractivity contribution >= 4 is 6.03 Å². The first-order chi connectivity index (χ1) is 9.78. The number of likely N-dealkylation sites (tertiary alicyclic amines) is 1. The molecule has 4 heteroatoms.